The van der Waals surface area contributed by atoms with Gasteiger partial charge >= 0.3 is 0 Å². The molecule has 11 heteroatoms. The highest BCUT2D eigenvalue weighted by atomic mass is 79.9. The molecule has 2 N–H and O–H groups in total. The summed E-state index contributed by atoms with van der Waals surface area (Å²) in [7, 11) is 1.54. The third-order valence-electron chi connectivity index (χ3n) is 7.41. The molecule has 3 aromatic heterocycles. The van der Waals surface area contributed by atoms with E-state index in [1.165, 1.54) is 7.11 Å². The van der Waals surface area contributed by atoms with E-state index in [0.717, 1.165) is 26.5 Å². The van der Waals surface area contributed by atoms with Gasteiger partial charge in [-0.15, -0.1) is 0 Å². The Labute approximate surface area is 254 Å². The highest BCUT2D eigenvalue weighted by Gasteiger charge is 2.26. The maximum atomic E-state index is 12.8. The van der Waals surface area contributed by atoms with Crippen LogP contribution in [0.25, 0.3) is 44.3 Å². The van der Waals surface area contributed by atoms with Crippen LogP contribution in [0.2, 0.25) is 0 Å². The van der Waals surface area contributed by atoms with Crippen LogP contribution in [0, 0.1) is 10.1 Å². The fourth-order valence-corrected chi connectivity index (χ4v) is 5.59. The van der Waals surface area contributed by atoms with E-state index >= 15 is 0 Å². The highest BCUT2D eigenvalue weighted by molar-refractivity contribution is 9.10. The van der Waals surface area contributed by atoms with Crippen molar-refractivity contribution < 1.29 is 19.2 Å². The number of aromatic amines is 2. The lowest BCUT2D eigenvalue weighted by Crippen LogP contribution is -2.19. The molecule has 0 saturated carbocycles. The van der Waals surface area contributed by atoms with E-state index in [9.17, 15) is 14.9 Å². The van der Waals surface area contributed by atoms with Gasteiger partial charge in [-0.2, -0.15) is 0 Å². The van der Waals surface area contributed by atoms with Crippen molar-refractivity contribution in [2.24, 2.45) is 0 Å². The minimum absolute atomic E-state index is 0.325. The first-order valence-corrected chi connectivity index (χ1v) is 14.3. The predicted molar refractivity (Wildman–Crippen MR) is 167 cm³/mol. The standard InChI is InChI=1S/C32H26BrN5O5/c1-18(27(39)16-38(40)41)21-10-11-28(43-17-19-6-4-3-5-7-19)31-29(21)24(14-35-31)26-15-36-30(32(37-26)42-2)23-13-34-25-12-20(33)8-9-22(23)25/h3-15,18,34-35H,16-17H2,1-2H3. The van der Waals surface area contributed by atoms with Gasteiger partial charge in [-0.3, -0.25) is 14.9 Å². The van der Waals surface area contributed by atoms with Crippen molar-refractivity contribution in [3.05, 3.63) is 105 Å². The van der Waals surface area contributed by atoms with Crippen LogP contribution in [0.4, 0.5) is 0 Å². The molecule has 0 fully saturated rings. The fraction of sp³-hybridized carbons (Fsp3) is 0.156. The molecule has 0 aliphatic rings. The van der Waals surface area contributed by atoms with Crippen LogP contribution in [-0.2, 0) is 11.4 Å². The van der Waals surface area contributed by atoms with Gasteiger partial charge in [0.2, 0.25) is 11.7 Å². The summed E-state index contributed by atoms with van der Waals surface area (Å²) in [6, 6.07) is 19.3. The summed E-state index contributed by atoms with van der Waals surface area (Å²) < 4.78 is 12.8. The van der Waals surface area contributed by atoms with Crippen LogP contribution in [0.15, 0.2) is 83.7 Å². The Morgan fingerprint density at radius 3 is 2.63 bits per heavy atom. The molecule has 0 spiro atoms. The van der Waals surface area contributed by atoms with Crippen molar-refractivity contribution in [1.29, 1.82) is 0 Å². The molecule has 1 unspecified atom stereocenters. The zero-order chi connectivity index (χ0) is 30.1. The Balaban J connectivity index is 1.46. The number of halogens is 1. The molecule has 3 aromatic carbocycles. The average molecular weight is 640 g/mol. The number of benzene rings is 3. The number of Topliss-reactive ketones (excluding diaryl/α,β-unsaturated/α-hetero) is 1. The van der Waals surface area contributed by atoms with Crippen LogP contribution in [0.3, 0.4) is 0 Å². The van der Waals surface area contributed by atoms with E-state index in [4.69, 9.17) is 19.4 Å². The van der Waals surface area contributed by atoms with Crippen LogP contribution < -0.4 is 9.47 Å². The van der Waals surface area contributed by atoms with Crippen molar-refractivity contribution in [1.82, 2.24) is 19.9 Å². The van der Waals surface area contributed by atoms with Crippen molar-refractivity contribution in [2.45, 2.75) is 19.4 Å². The van der Waals surface area contributed by atoms with Gasteiger partial charge in [0, 0.05) is 55.1 Å². The van der Waals surface area contributed by atoms with E-state index in [-0.39, 0.29) is 0 Å². The summed E-state index contributed by atoms with van der Waals surface area (Å²) in [6.07, 6.45) is 5.30. The number of methoxy groups -OCH3 is 1. The number of H-pyrrole nitrogens is 2. The number of ether oxygens (including phenoxy) is 2. The summed E-state index contributed by atoms with van der Waals surface area (Å²) in [5.74, 6) is -0.345. The van der Waals surface area contributed by atoms with Gasteiger partial charge < -0.3 is 19.4 Å². The maximum absolute atomic E-state index is 12.8. The monoisotopic (exact) mass is 639 g/mol. The van der Waals surface area contributed by atoms with Crippen molar-refractivity contribution in [3.8, 4) is 34.1 Å². The Morgan fingerprint density at radius 1 is 1.07 bits per heavy atom. The quantitative estimate of drug-likeness (QED) is 0.121. The molecule has 1 atom stereocenters. The first-order valence-electron chi connectivity index (χ1n) is 13.5. The van der Waals surface area contributed by atoms with Gasteiger partial charge in [0.15, 0.2) is 0 Å². The first-order chi connectivity index (χ1) is 20.8. The zero-order valence-electron chi connectivity index (χ0n) is 23.3. The molecule has 6 aromatic rings. The topological polar surface area (TPSA) is 136 Å². The minimum Gasteiger partial charge on any atom is -0.487 e. The van der Waals surface area contributed by atoms with Crippen molar-refractivity contribution in [2.75, 3.05) is 13.7 Å². The average Bonchev–Trinajstić information content (AvgIpc) is 3.64. The molecule has 10 nitrogen and oxygen atoms in total. The fourth-order valence-electron chi connectivity index (χ4n) is 5.23. The van der Waals surface area contributed by atoms with Gasteiger partial charge in [-0.05, 0) is 29.3 Å². The molecule has 43 heavy (non-hydrogen) atoms. The second-order valence-electron chi connectivity index (χ2n) is 10.1. The van der Waals surface area contributed by atoms with Crippen LogP contribution in [-0.4, -0.2) is 44.3 Å². The van der Waals surface area contributed by atoms with E-state index in [1.54, 1.807) is 31.5 Å². The number of fused-ring (bicyclic) bond motifs is 2. The number of hydrogen-bond donors (Lipinski definition) is 2. The second-order valence-corrected chi connectivity index (χ2v) is 11.0. The second kappa shape index (κ2) is 11.7. The summed E-state index contributed by atoms with van der Waals surface area (Å²) in [5, 5.41) is 12.8. The number of nitrogens with one attached hydrogen (secondary N) is 2. The summed E-state index contributed by atoms with van der Waals surface area (Å²) in [4.78, 5) is 39.5. The number of rotatable bonds is 10. The van der Waals surface area contributed by atoms with Gasteiger partial charge in [0.1, 0.15) is 18.1 Å². The normalized spacial score (nSPS) is 12.0. The zero-order valence-corrected chi connectivity index (χ0v) is 24.8. The largest absolute Gasteiger partial charge is 0.487 e. The number of carbonyl (C=O) groups excluding carboxylic acids is 1. The van der Waals surface area contributed by atoms with E-state index in [2.05, 4.69) is 25.9 Å². The highest BCUT2D eigenvalue weighted by Crippen LogP contribution is 2.41. The van der Waals surface area contributed by atoms with Crippen molar-refractivity contribution >= 4 is 43.5 Å². The molecule has 0 aliphatic heterocycles. The lowest BCUT2D eigenvalue weighted by atomic mass is 9.91. The number of nitro groups is 1. The van der Waals surface area contributed by atoms with Crippen molar-refractivity contribution in [3.63, 3.8) is 0 Å². The van der Waals surface area contributed by atoms with Gasteiger partial charge in [-0.1, -0.05) is 65.3 Å². The molecular weight excluding hydrogens is 614 g/mol. The molecule has 0 saturated heterocycles. The SMILES string of the molecule is COc1nc(-c2c[nH]c3c(OCc4ccccc4)ccc(C(C)C(=O)C[N+](=O)[O-])c23)cnc1-c1c[nH]c2cc(Br)ccc12. The minimum atomic E-state index is -0.766. The smallest absolute Gasteiger partial charge is 0.261 e. The van der Waals surface area contributed by atoms with Gasteiger partial charge in [-0.25, -0.2) is 9.97 Å². The molecule has 216 valence electrons. The Morgan fingerprint density at radius 2 is 1.86 bits per heavy atom. The Kier molecular flexibility index (Phi) is 7.64. The number of aromatic nitrogens is 4. The van der Waals surface area contributed by atoms with Gasteiger partial charge in [0.25, 0.3) is 6.54 Å². The summed E-state index contributed by atoms with van der Waals surface area (Å²) in [5.41, 5.74) is 5.79. The molecule has 3 heterocycles. The third-order valence-corrected chi connectivity index (χ3v) is 7.90. The summed E-state index contributed by atoms with van der Waals surface area (Å²) in [6.45, 7) is 1.24. The third kappa shape index (κ3) is 5.46. The Hall–Kier alpha value is -5.03. The number of carbonyl (C=O) groups is 1. The van der Waals surface area contributed by atoms with E-state index in [1.807, 2.05) is 54.7 Å². The first kappa shape index (κ1) is 28.1. The molecular formula is C32H26BrN5O5. The van der Waals surface area contributed by atoms with Crippen LogP contribution in [0.1, 0.15) is 24.0 Å². The van der Waals surface area contributed by atoms with E-state index < -0.39 is 23.2 Å². The molecule has 0 amide bonds. The Bertz CT molecular complexity index is 1990. The van der Waals surface area contributed by atoms with E-state index in [0.29, 0.717) is 51.7 Å². The lowest BCUT2D eigenvalue weighted by molar-refractivity contribution is -0.467. The molecule has 0 radical (unpaired) electrons. The lowest BCUT2D eigenvalue weighted by Gasteiger charge is -2.15. The number of nitrogens with zero attached hydrogens (tertiary/aromatic N) is 3. The molecule has 0 aliphatic carbocycles. The predicted octanol–water partition coefficient (Wildman–Crippen LogP) is 7.07. The molecule has 0 bridgehead atoms. The van der Waals surface area contributed by atoms with Crippen LogP contribution in [0.5, 0.6) is 11.6 Å². The number of ketones is 1. The van der Waals surface area contributed by atoms with Gasteiger partial charge in [0.05, 0.1) is 24.5 Å². The molecule has 6 rings (SSSR count). The maximum Gasteiger partial charge on any atom is 0.261 e. The number of hydrogen-bond acceptors (Lipinski definition) is 7. The summed E-state index contributed by atoms with van der Waals surface area (Å²) >= 11 is 3.50. The van der Waals surface area contributed by atoms with Crippen LogP contribution >= 0.6 is 15.9 Å².